The van der Waals surface area contributed by atoms with Crippen molar-refractivity contribution in [3.63, 3.8) is 0 Å². The summed E-state index contributed by atoms with van der Waals surface area (Å²) < 4.78 is 46.8. The lowest BCUT2D eigenvalue weighted by Crippen LogP contribution is -2.50. The van der Waals surface area contributed by atoms with E-state index in [0.29, 0.717) is 36.0 Å². The molecular formula is C32H34F3N11O3. The van der Waals surface area contributed by atoms with Gasteiger partial charge in [-0.1, -0.05) is 60.7 Å². The predicted molar refractivity (Wildman–Crippen MR) is 170 cm³/mol. The minimum absolute atomic E-state index is 0.0378. The molecule has 49 heavy (non-hydrogen) atoms. The molecule has 4 N–H and O–H groups in total. The zero-order valence-electron chi connectivity index (χ0n) is 26.4. The summed E-state index contributed by atoms with van der Waals surface area (Å²) in [6.07, 6.45) is -4.90. The molecular weight excluding hydrogens is 643 g/mol. The summed E-state index contributed by atoms with van der Waals surface area (Å²) in [6.45, 7) is 3.48. The third kappa shape index (κ3) is 6.38. The fourth-order valence-corrected chi connectivity index (χ4v) is 6.59. The summed E-state index contributed by atoms with van der Waals surface area (Å²) in [5.74, 6) is -1.64. The lowest BCUT2D eigenvalue weighted by Gasteiger charge is -2.32. The highest BCUT2D eigenvalue weighted by Crippen LogP contribution is 2.45. The second-order valence-electron chi connectivity index (χ2n) is 12.2. The number of tetrazole rings is 1. The van der Waals surface area contributed by atoms with Crippen LogP contribution in [0.15, 0.2) is 67.0 Å². The number of benzene rings is 2. The molecule has 0 spiro atoms. The van der Waals surface area contributed by atoms with Crippen LogP contribution in [0.25, 0.3) is 11.2 Å². The number of alkyl halides is 3. The first-order chi connectivity index (χ1) is 23.6. The van der Waals surface area contributed by atoms with E-state index in [9.17, 15) is 23.1 Å². The van der Waals surface area contributed by atoms with Crippen LogP contribution in [0.4, 0.5) is 24.9 Å². The van der Waals surface area contributed by atoms with E-state index in [0.717, 1.165) is 28.9 Å². The maximum Gasteiger partial charge on any atom is 0.491 e. The van der Waals surface area contributed by atoms with E-state index < -0.39 is 30.0 Å². The van der Waals surface area contributed by atoms with E-state index in [1.54, 1.807) is 4.57 Å². The fourth-order valence-electron chi connectivity index (χ4n) is 6.59. The Morgan fingerprint density at radius 1 is 1.10 bits per heavy atom. The Labute approximate surface area is 278 Å². The molecule has 2 aliphatic rings. The first kappa shape index (κ1) is 32.4. The van der Waals surface area contributed by atoms with Gasteiger partial charge in [0.25, 0.3) is 5.72 Å². The lowest BCUT2D eigenvalue weighted by atomic mass is 9.91. The summed E-state index contributed by atoms with van der Waals surface area (Å²) in [7, 11) is 0. The minimum atomic E-state index is -5.32. The minimum Gasteiger partial charge on any atom is -0.426 e. The Kier molecular flexibility index (Phi) is 8.62. The van der Waals surface area contributed by atoms with Gasteiger partial charge in [-0.3, -0.25) is 0 Å². The number of esters is 1. The van der Waals surface area contributed by atoms with Gasteiger partial charge in [0.05, 0.1) is 12.4 Å². The SMILES string of the molecule is Cc1nnn([C@@]2(OC(=O)C(F)(F)F)CC[C@H](n3cnc4c(NCC(c5ccccc5)c5ccccc5)nc(N[C@@H]5CCNC5)nc43)[C@@H]2O)n1. The van der Waals surface area contributed by atoms with Crippen LogP contribution >= 0.6 is 0 Å². The Morgan fingerprint density at radius 3 is 2.43 bits per heavy atom. The van der Waals surface area contributed by atoms with Crippen molar-refractivity contribution in [3.05, 3.63) is 83.9 Å². The first-order valence-corrected chi connectivity index (χ1v) is 15.9. The number of aryl methyl sites for hydroxylation is 1. The summed E-state index contributed by atoms with van der Waals surface area (Å²) in [6, 6.07) is 19.3. The van der Waals surface area contributed by atoms with Crippen molar-refractivity contribution < 1.29 is 27.8 Å². The van der Waals surface area contributed by atoms with Crippen molar-refractivity contribution in [3.8, 4) is 0 Å². The van der Waals surface area contributed by atoms with Crippen LogP contribution in [-0.4, -0.2) is 88.8 Å². The lowest BCUT2D eigenvalue weighted by molar-refractivity contribution is -0.240. The van der Waals surface area contributed by atoms with Gasteiger partial charge in [-0.2, -0.15) is 23.1 Å². The van der Waals surface area contributed by atoms with Crippen molar-refractivity contribution in [2.45, 2.75) is 62.2 Å². The molecule has 1 aliphatic heterocycles. The Morgan fingerprint density at radius 2 is 1.82 bits per heavy atom. The van der Waals surface area contributed by atoms with Gasteiger partial charge in [-0.15, -0.1) is 15.0 Å². The highest BCUT2D eigenvalue weighted by atomic mass is 19.4. The molecule has 7 rings (SSSR count). The zero-order valence-corrected chi connectivity index (χ0v) is 26.4. The molecule has 2 fully saturated rings. The average molecular weight is 678 g/mol. The maximum atomic E-state index is 13.4. The van der Waals surface area contributed by atoms with Crippen LogP contribution in [0.2, 0.25) is 0 Å². The second-order valence-corrected chi connectivity index (χ2v) is 12.2. The van der Waals surface area contributed by atoms with Crippen molar-refractivity contribution in [1.29, 1.82) is 0 Å². The number of imidazole rings is 1. The van der Waals surface area contributed by atoms with Gasteiger partial charge >= 0.3 is 12.1 Å². The van der Waals surface area contributed by atoms with Crippen LogP contribution in [0.5, 0.6) is 0 Å². The number of carbonyl (C=O) groups excluding carboxylic acids is 1. The largest absolute Gasteiger partial charge is 0.491 e. The van der Waals surface area contributed by atoms with Gasteiger partial charge in [0.1, 0.15) is 6.10 Å². The molecule has 4 heterocycles. The third-order valence-corrected chi connectivity index (χ3v) is 9.03. The topological polar surface area (TPSA) is 170 Å². The summed E-state index contributed by atoms with van der Waals surface area (Å²) in [5, 5.41) is 33.4. The molecule has 0 unspecified atom stereocenters. The number of nitrogens with one attached hydrogen (secondary N) is 3. The monoisotopic (exact) mass is 677 g/mol. The number of fused-ring (bicyclic) bond motifs is 1. The number of halogens is 3. The first-order valence-electron chi connectivity index (χ1n) is 15.9. The highest BCUT2D eigenvalue weighted by molar-refractivity contribution is 5.84. The molecule has 3 aromatic heterocycles. The van der Waals surface area contributed by atoms with Gasteiger partial charge in [0.2, 0.25) is 5.95 Å². The number of nitrogens with zero attached hydrogens (tertiary/aromatic N) is 8. The molecule has 1 aliphatic carbocycles. The van der Waals surface area contributed by atoms with Gasteiger partial charge < -0.3 is 30.4 Å². The van der Waals surface area contributed by atoms with Crippen LogP contribution in [0, 0.1) is 6.92 Å². The van der Waals surface area contributed by atoms with E-state index in [-0.39, 0.29) is 30.6 Å². The van der Waals surface area contributed by atoms with Crippen molar-refractivity contribution in [2.75, 3.05) is 30.3 Å². The van der Waals surface area contributed by atoms with E-state index in [1.165, 1.54) is 13.3 Å². The molecule has 2 aromatic carbocycles. The Bertz CT molecular complexity index is 1880. The standard InChI is InChI=1S/C32H34F3N11O3/c1-19-42-44-46(43-19)31(49-29(48)32(33,34)35)14-12-24(26(31)47)45-18-38-25-27(40-30(41-28(25)45)39-22-13-15-36-16-22)37-17-23(20-8-4-2-5-9-20)21-10-6-3-7-11-21/h2-11,18,22-24,26,36,47H,12-17H2,1H3,(H2,37,39,40,41)/t22-,24+,26+,31-/m1/s1. The number of ether oxygens (including phenoxy) is 1. The average Bonchev–Trinajstić information content (AvgIpc) is 3.91. The second kappa shape index (κ2) is 13.0. The Hall–Kier alpha value is -5.16. The normalized spacial score (nSPS) is 22.5. The van der Waals surface area contributed by atoms with Gasteiger partial charge in [-0.25, -0.2) is 9.78 Å². The molecule has 0 amide bonds. The van der Waals surface area contributed by atoms with Crippen LogP contribution in [-0.2, 0) is 15.3 Å². The third-order valence-electron chi connectivity index (χ3n) is 9.03. The molecule has 1 saturated heterocycles. The highest BCUT2D eigenvalue weighted by Gasteiger charge is 2.58. The molecule has 256 valence electrons. The molecule has 14 nitrogen and oxygen atoms in total. The molecule has 0 bridgehead atoms. The van der Waals surface area contributed by atoms with Crippen molar-refractivity contribution >= 4 is 28.9 Å². The van der Waals surface area contributed by atoms with Crippen LogP contribution in [0.3, 0.4) is 0 Å². The smallest absolute Gasteiger partial charge is 0.426 e. The van der Waals surface area contributed by atoms with Crippen LogP contribution in [0.1, 0.15) is 48.2 Å². The molecule has 4 atom stereocenters. The van der Waals surface area contributed by atoms with Crippen molar-refractivity contribution in [1.82, 2.24) is 45.0 Å². The number of anilines is 2. The molecule has 1 saturated carbocycles. The fraction of sp³-hybridized carbons (Fsp3) is 0.406. The number of aliphatic hydroxyl groups is 1. The molecule has 17 heteroatoms. The Balaban J connectivity index is 1.26. The molecule has 5 aromatic rings. The van der Waals surface area contributed by atoms with Gasteiger partial charge in [0.15, 0.2) is 22.8 Å². The predicted octanol–water partition coefficient (Wildman–Crippen LogP) is 3.29. The number of aromatic nitrogens is 8. The van der Waals surface area contributed by atoms with Crippen molar-refractivity contribution in [2.24, 2.45) is 0 Å². The summed E-state index contributed by atoms with van der Waals surface area (Å²) in [4.78, 5) is 27.0. The van der Waals surface area contributed by atoms with Crippen LogP contribution < -0.4 is 16.0 Å². The quantitative estimate of drug-likeness (QED) is 0.159. The number of rotatable bonds is 10. The van der Waals surface area contributed by atoms with E-state index >= 15 is 0 Å². The van der Waals surface area contributed by atoms with E-state index in [1.807, 2.05) is 36.4 Å². The number of hydrogen-bond donors (Lipinski definition) is 4. The maximum absolute atomic E-state index is 13.4. The molecule has 0 radical (unpaired) electrons. The van der Waals surface area contributed by atoms with Gasteiger partial charge in [0, 0.05) is 31.5 Å². The zero-order chi connectivity index (χ0) is 34.2. The van der Waals surface area contributed by atoms with E-state index in [4.69, 9.17) is 14.7 Å². The number of aliphatic hydroxyl groups excluding tert-OH is 1. The summed E-state index contributed by atoms with van der Waals surface area (Å²) >= 11 is 0. The van der Waals surface area contributed by atoms with Gasteiger partial charge in [-0.05, 0) is 42.7 Å². The van der Waals surface area contributed by atoms with E-state index in [2.05, 4.69) is 60.6 Å². The number of carbonyl (C=O) groups is 1. The number of hydrogen-bond acceptors (Lipinski definition) is 12. The summed E-state index contributed by atoms with van der Waals surface area (Å²) in [5.41, 5.74) is 0.637.